The van der Waals surface area contributed by atoms with Crippen molar-refractivity contribution in [1.29, 1.82) is 0 Å². The van der Waals surface area contributed by atoms with Crippen LogP contribution in [-0.4, -0.2) is 69.4 Å². The van der Waals surface area contributed by atoms with E-state index < -0.39 is 9.84 Å². The molecule has 2 heterocycles. The third-order valence-electron chi connectivity index (χ3n) is 5.88. The number of carbonyl (C=O) groups is 1. The Morgan fingerprint density at radius 3 is 2.52 bits per heavy atom. The van der Waals surface area contributed by atoms with Crippen LogP contribution < -0.4 is 4.90 Å². The lowest BCUT2D eigenvalue weighted by Gasteiger charge is -2.29. The number of amides is 1. The molecule has 1 aromatic heterocycles. The molecule has 0 atom stereocenters. The number of thiazole rings is 1. The molecule has 176 valence electrons. The third-order valence-corrected chi connectivity index (χ3v) is 8.65. The van der Waals surface area contributed by atoms with Crippen LogP contribution in [-0.2, 0) is 14.6 Å². The number of fused-ring (bicyclic) bond motifs is 1. The fourth-order valence-electron chi connectivity index (χ4n) is 3.95. The van der Waals surface area contributed by atoms with E-state index >= 15 is 0 Å². The highest BCUT2D eigenvalue weighted by Gasteiger charge is 2.24. The summed E-state index contributed by atoms with van der Waals surface area (Å²) in [6.45, 7) is 9.97. The molecule has 3 aromatic rings. The molecular weight excluding hydrogens is 458 g/mol. The summed E-state index contributed by atoms with van der Waals surface area (Å²) in [4.78, 5) is 22.6. The van der Waals surface area contributed by atoms with Crippen LogP contribution in [0.5, 0.6) is 0 Å². The van der Waals surface area contributed by atoms with Crippen LogP contribution in [0.3, 0.4) is 0 Å². The number of rotatable bonds is 7. The summed E-state index contributed by atoms with van der Waals surface area (Å²) in [5.74, 6) is -0.159. The van der Waals surface area contributed by atoms with E-state index in [9.17, 15) is 13.2 Å². The Morgan fingerprint density at radius 2 is 1.85 bits per heavy atom. The lowest BCUT2D eigenvalue weighted by atomic mass is 10.1. The van der Waals surface area contributed by atoms with Crippen molar-refractivity contribution >= 4 is 42.4 Å². The van der Waals surface area contributed by atoms with E-state index in [4.69, 9.17) is 9.72 Å². The number of sulfone groups is 1. The highest BCUT2D eigenvalue weighted by atomic mass is 32.2. The van der Waals surface area contributed by atoms with Gasteiger partial charge in [-0.05, 0) is 55.3 Å². The normalized spacial score (nSPS) is 15.1. The van der Waals surface area contributed by atoms with Gasteiger partial charge in [-0.2, -0.15) is 0 Å². The van der Waals surface area contributed by atoms with E-state index in [0.29, 0.717) is 37.0 Å². The Labute approximate surface area is 198 Å². The molecule has 0 aliphatic carbocycles. The summed E-state index contributed by atoms with van der Waals surface area (Å²) < 4.78 is 30.8. The summed E-state index contributed by atoms with van der Waals surface area (Å²) in [5, 5.41) is 0.655. The summed E-state index contributed by atoms with van der Waals surface area (Å²) in [6.07, 6.45) is 0. The van der Waals surface area contributed by atoms with E-state index in [1.54, 1.807) is 24.0 Å². The van der Waals surface area contributed by atoms with Crippen LogP contribution in [0.15, 0.2) is 41.3 Å². The minimum absolute atomic E-state index is 0.0242. The Kier molecular flexibility index (Phi) is 7.13. The summed E-state index contributed by atoms with van der Waals surface area (Å²) in [7, 11) is -3.32. The zero-order valence-electron chi connectivity index (χ0n) is 19.2. The first-order chi connectivity index (χ1) is 15.8. The van der Waals surface area contributed by atoms with Crippen LogP contribution in [0.25, 0.3) is 10.2 Å². The molecule has 7 nitrogen and oxygen atoms in total. The number of ether oxygens (including phenoxy) is 1. The SMILES string of the molecule is CCS(=O)(=O)c1ccc(C(=O)N(CCN2CCOCC2)c2nc3c(C)cc(C)cc3s2)cc1. The first-order valence-electron chi connectivity index (χ1n) is 11.1. The van der Waals surface area contributed by atoms with Gasteiger partial charge < -0.3 is 4.74 Å². The molecule has 0 N–H and O–H groups in total. The van der Waals surface area contributed by atoms with Gasteiger partial charge in [-0.1, -0.05) is 24.3 Å². The Morgan fingerprint density at radius 1 is 1.15 bits per heavy atom. The maximum atomic E-state index is 13.6. The molecule has 0 radical (unpaired) electrons. The highest BCUT2D eigenvalue weighted by Crippen LogP contribution is 2.32. The van der Waals surface area contributed by atoms with E-state index in [-0.39, 0.29) is 16.6 Å². The predicted molar refractivity (Wildman–Crippen MR) is 132 cm³/mol. The van der Waals surface area contributed by atoms with E-state index in [0.717, 1.165) is 34.4 Å². The monoisotopic (exact) mass is 487 g/mol. The van der Waals surface area contributed by atoms with Crippen molar-refractivity contribution in [2.24, 2.45) is 0 Å². The number of hydrogen-bond donors (Lipinski definition) is 0. The summed E-state index contributed by atoms with van der Waals surface area (Å²) in [5.41, 5.74) is 3.60. The molecule has 1 aliphatic rings. The van der Waals surface area contributed by atoms with Crippen LogP contribution in [0, 0.1) is 13.8 Å². The number of morpholine rings is 1. The molecular formula is C24H29N3O4S2. The number of benzene rings is 2. The van der Waals surface area contributed by atoms with Gasteiger partial charge in [-0.3, -0.25) is 14.6 Å². The molecule has 0 unspecified atom stereocenters. The quantitative estimate of drug-likeness (QED) is 0.506. The van der Waals surface area contributed by atoms with Crippen molar-refractivity contribution in [3.63, 3.8) is 0 Å². The number of aromatic nitrogens is 1. The molecule has 1 saturated heterocycles. The van der Waals surface area contributed by atoms with Gasteiger partial charge in [0.2, 0.25) is 0 Å². The first kappa shape index (κ1) is 23.8. The average Bonchev–Trinajstić information content (AvgIpc) is 3.24. The second-order valence-corrected chi connectivity index (χ2v) is 11.6. The second-order valence-electron chi connectivity index (χ2n) is 8.26. The van der Waals surface area contributed by atoms with Crippen LogP contribution in [0.4, 0.5) is 5.13 Å². The van der Waals surface area contributed by atoms with Crippen molar-refractivity contribution in [1.82, 2.24) is 9.88 Å². The van der Waals surface area contributed by atoms with E-state index in [1.807, 2.05) is 6.92 Å². The summed E-state index contributed by atoms with van der Waals surface area (Å²) in [6, 6.07) is 10.4. The fourth-order valence-corrected chi connectivity index (χ4v) is 6.00. The van der Waals surface area contributed by atoms with Crippen LogP contribution in [0.2, 0.25) is 0 Å². The predicted octanol–water partition coefficient (Wildman–Crippen LogP) is 3.69. The number of anilines is 1. The lowest BCUT2D eigenvalue weighted by Crippen LogP contribution is -2.43. The smallest absolute Gasteiger partial charge is 0.260 e. The maximum Gasteiger partial charge on any atom is 0.260 e. The molecule has 0 bridgehead atoms. The Balaban J connectivity index is 1.66. The minimum atomic E-state index is -3.32. The number of hydrogen-bond acceptors (Lipinski definition) is 7. The molecule has 33 heavy (non-hydrogen) atoms. The number of carbonyl (C=O) groups excluding carboxylic acids is 1. The van der Waals surface area contributed by atoms with Gasteiger partial charge in [0.25, 0.3) is 5.91 Å². The highest BCUT2D eigenvalue weighted by molar-refractivity contribution is 7.91. The largest absolute Gasteiger partial charge is 0.379 e. The molecule has 9 heteroatoms. The van der Waals surface area contributed by atoms with Crippen molar-refractivity contribution in [2.45, 2.75) is 25.7 Å². The van der Waals surface area contributed by atoms with Gasteiger partial charge in [-0.25, -0.2) is 13.4 Å². The molecule has 4 rings (SSSR count). The Hall–Kier alpha value is -2.33. The number of nitrogens with zero attached hydrogens (tertiary/aromatic N) is 3. The van der Waals surface area contributed by atoms with Crippen molar-refractivity contribution in [2.75, 3.05) is 50.0 Å². The van der Waals surface area contributed by atoms with Crippen molar-refractivity contribution in [3.8, 4) is 0 Å². The van der Waals surface area contributed by atoms with Crippen LogP contribution >= 0.6 is 11.3 Å². The second kappa shape index (κ2) is 9.89. The van der Waals surface area contributed by atoms with Gasteiger partial charge in [0.15, 0.2) is 15.0 Å². The zero-order valence-corrected chi connectivity index (χ0v) is 20.8. The van der Waals surface area contributed by atoms with Gasteiger partial charge in [0, 0.05) is 31.7 Å². The minimum Gasteiger partial charge on any atom is -0.379 e. The average molecular weight is 488 g/mol. The molecule has 1 aliphatic heterocycles. The van der Waals surface area contributed by atoms with Gasteiger partial charge in [-0.15, -0.1) is 0 Å². The van der Waals surface area contributed by atoms with Crippen LogP contribution in [0.1, 0.15) is 28.4 Å². The third kappa shape index (κ3) is 5.27. The lowest BCUT2D eigenvalue weighted by molar-refractivity contribution is 0.0391. The molecule has 1 fully saturated rings. The summed E-state index contributed by atoms with van der Waals surface area (Å²) >= 11 is 1.51. The fraction of sp³-hybridized carbons (Fsp3) is 0.417. The Bertz CT molecular complexity index is 1250. The molecule has 1 amide bonds. The van der Waals surface area contributed by atoms with Gasteiger partial charge in [0.05, 0.1) is 34.1 Å². The zero-order chi connectivity index (χ0) is 23.6. The standard InChI is InChI=1S/C24H29N3O4S2/c1-4-33(29,30)20-7-5-19(6-8-20)23(28)27(10-9-26-11-13-31-14-12-26)24-25-22-18(3)15-17(2)16-21(22)32-24/h5-8,15-16H,4,9-14H2,1-3H3. The van der Waals surface area contributed by atoms with E-state index in [1.165, 1.54) is 23.5 Å². The van der Waals surface area contributed by atoms with E-state index in [2.05, 4.69) is 24.0 Å². The van der Waals surface area contributed by atoms with Gasteiger partial charge >= 0.3 is 0 Å². The van der Waals surface area contributed by atoms with Gasteiger partial charge in [0.1, 0.15) is 0 Å². The van der Waals surface area contributed by atoms with Crippen molar-refractivity contribution < 1.29 is 17.9 Å². The topological polar surface area (TPSA) is 79.8 Å². The molecule has 2 aromatic carbocycles. The number of aryl methyl sites for hydroxylation is 2. The van der Waals surface area contributed by atoms with Crippen molar-refractivity contribution in [3.05, 3.63) is 53.1 Å². The molecule has 0 spiro atoms. The maximum absolute atomic E-state index is 13.6. The first-order valence-corrected chi connectivity index (χ1v) is 13.6. The molecule has 0 saturated carbocycles.